The lowest BCUT2D eigenvalue weighted by molar-refractivity contribution is -0.120. The normalized spacial score (nSPS) is 16.0. The molecule has 1 aliphatic heterocycles. The van der Waals surface area contributed by atoms with Crippen LogP contribution in [0.3, 0.4) is 0 Å². The number of nitrogens with zero attached hydrogens (tertiary/aromatic N) is 5. The van der Waals surface area contributed by atoms with E-state index >= 15 is 0 Å². The largest absolute Gasteiger partial charge is 0.379 e. The molecule has 0 bridgehead atoms. The molecule has 0 radical (unpaired) electrons. The predicted octanol–water partition coefficient (Wildman–Crippen LogP) is 2.91. The van der Waals surface area contributed by atoms with Crippen LogP contribution in [-0.4, -0.2) is 47.0 Å². The van der Waals surface area contributed by atoms with Gasteiger partial charge in [0.05, 0.1) is 47.5 Å². The molecule has 2 unspecified atom stereocenters. The number of methoxy groups -OCH3 is 1. The van der Waals surface area contributed by atoms with Crippen molar-refractivity contribution in [2.75, 3.05) is 29.7 Å². The third-order valence-corrected chi connectivity index (χ3v) is 5.94. The first kappa shape index (κ1) is 22.3. The van der Waals surface area contributed by atoms with Crippen LogP contribution in [0.1, 0.15) is 29.3 Å². The van der Waals surface area contributed by atoms with Gasteiger partial charge in [0.2, 0.25) is 5.91 Å². The highest BCUT2D eigenvalue weighted by molar-refractivity contribution is 6.04. The van der Waals surface area contributed by atoms with Crippen LogP contribution >= 0.6 is 0 Å². The number of benzene rings is 1. The van der Waals surface area contributed by atoms with Crippen molar-refractivity contribution in [1.82, 2.24) is 14.8 Å². The number of nitrogens with one attached hydrogen (secondary N) is 2. The number of carbonyl (C=O) groups excluding carboxylic acids is 1. The fourth-order valence-electron chi connectivity index (χ4n) is 4.08. The highest BCUT2D eigenvalue weighted by Gasteiger charge is 2.36. The van der Waals surface area contributed by atoms with E-state index in [1.54, 1.807) is 13.3 Å². The number of fused-ring (bicyclic) bond motifs is 1. The fraction of sp³-hybridized carbons (Fsp3) is 0.333. The van der Waals surface area contributed by atoms with Crippen LogP contribution in [0.5, 0.6) is 0 Å². The van der Waals surface area contributed by atoms with E-state index in [4.69, 9.17) is 4.74 Å². The number of pyridine rings is 1. The Balaban J connectivity index is 1.48. The number of amides is 1. The van der Waals surface area contributed by atoms with Gasteiger partial charge in [-0.05, 0) is 25.5 Å². The Morgan fingerprint density at radius 3 is 2.91 bits per heavy atom. The van der Waals surface area contributed by atoms with E-state index in [9.17, 15) is 10.1 Å². The molecule has 4 rings (SSSR count). The Hall–Kier alpha value is -3.90. The van der Waals surface area contributed by atoms with Crippen molar-refractivity contribution in [3.8, 4) is 6.07 Å². The predicted molar refractivity (Wildman–Crippen MR) is 126 cm³/mol. The Kier molecular flexibility index (Phi) is 6.29. The van der Waals surface area contributed by atoms with Gasteiger partial charge < -0.3 is 20.3 Å². The van der Waals surface area contributed by atoms with Crippen molar-refractivity contribution in [2.24, 2.45) is 0 Å². The SMILES string of the molecule is COC(C)C1C(=O)Nc2c(cc(NCc3cnn(Cc4ccccc4C#N)c3)nc2C)N1C. The summed E-state index contributed by atoms with van der Waals surface area (Å²) in [5.41, 5.74) is 4.92. The van der Waals surface area contributed by atoms with Crippen molar-refractivity contribution in [2.45, 2.75) is 39.1 Å². The van der Waals surface area contributed by atoms with E-state index in [1.807, 2.05) is 67.0 Å². The number of aromatic nitrogens is 3. The fourth-order valence-corrected chi connectivity index (χ4v) is 4.08. The van der Waals surface area contributed by atoms with Crippen molar-refractivity contribution in [3.63, 3.8) is 0 Å². The van der Waals surface area contributed by atoms with Crippen LogP contribution < -0.4 is 15.5 Å². The van der Waals surface area contributed by atoms with Crippen molar-refractivity contribution in [1.29, 1.82) is 5.26 Å². The van der Waals surface area contributed by atoms with Gasteiger partial charge in [0, 0.05) is 38.5 Å². The highest BCUT2D eigenvalue weighted by Crippen LogP contribution is 2.36. The zero-order chi connectivity index (χ0) is 23.5. The molecule has 33 heavy (non-hydrogen) atoms. The Labute approximate surface area is 193 Å². The first-order chi connectivity index (χ1) is 15.9. The lowest BCUT2D eigenvalue weighted by Gasteiger charge is -2.38. The monoisotopic (exact) mass is 445 g/mol. The summed E-state index contributed by atoms with van der Waals surface area (Å²) < 4.78 is 7.23. The number of nitriles is 1. The van der Waals surface area contributed by atoms with E-state index in [0.29, 0.717) is 24.5 Å². The van der Waals surface area contributed by atoms with Gasteiger partial charge in [0.15, 0.2) is 0 Å². The molecule has 2 N–H and O–H groups in total. The zero-order valence-electron chi connectivity index (χ0n) is 19.2. The first-order valence-corrected chi connectivity index (χ1v) is 10.7. The number of carbonyl (C=O) groups is 1. The van der Waals surface area contributed by atoms with Crippen molar-refractivity contribution < 1.29 is 9.53 Å². The van der Waals surface area contributed by atoms with E-state index in [2.05, 4.69) is 26.8 Å². The molecule has 0 aliphatic carbocycles. The number of aryl methyl sites for hydroxylation is 1. The molecule has 1 aliphatic rings. The smallest absolute Gasteiger partial charge is 0.249 e. The molecule has 0 saturated carbocycles. The molecular weight excluding hydrogens is 418 g/mol. The second-order valence-electron chi connectivity index (χ2n) is 8.14. The Morgan fingerprint density at radius 1 is 1.36 bits per heavy atom. The highest BCUT2D eigenvalue weighted by atomic mass is 16.5. The molecular formula is C24H27N7O2. The maximum atomic E-state index is 12.6. The Bertz CT molecular complexity index is 1210. The molecule has 170 valence electrons. The summed E-state index contributed by atoms with van der Waals surface area (Å²) in [6.07, 6.45) is 3.50. The quantitative estimate of drug-likeness (QED) is 0.576. The summed E-state index contributed by atoms with van der Waals surface area (Å²) >= 11 is 0. The molecule has 2 aromatic heterocycles. The average Bonchev–Trinajstić information content (AvgIpc) is 3.26. The minimum Gasteiger partial charge on any atom is -0.379 e. The lowest BCUT2D eigenvalue weighted by Crippen LogP contribution is -2.52. The number of ether oxygens (including phenoxy) is 1. The molecule has 1 amide bonds. The van der Waals surface area contributed by atoms with Gasteiger partial charge in [0.25, 0.3) is 0 Å². The van der Waals surface area contributed by atoms with Gasteiger partial charge in [-0.1, -0.05) is 18.2 Å². The maximum absolute atomic E-state index is 12.6. The summed E-state index contributed by atoms with van der Waals surface area (Å²) in [5.74, 6) is 0.607. The number of anilines is 3. The van der Waals surface area contributed by atoms with Crippen molar-refractivity contribution >= 4 is 23.1 Å². The molecule has 9 nitrogen and oxygen atoms in total. The molecule has 2 atom stereocenters. The van der Waals surface area contributed by atoms with Gasteiger partial charge >= 0.3 is 0 Å². The first-order valence-electron chi connectivity index (χ1n) is 10.7. The van der Waals surface area contributed by atoms with Gasteiger partial charge in [-0.3, -0.25) is 9.48 Å². The average molecular weight is 446 g/mol. The second-order valence-corrected chi connectivity index (χ2v) is 8.14. The summed E-state index contributed by atoms with van der Waals surface area (Å²) in [4.78, 5) is 19.1. The van der Waals surface area contributed by atoms with Crippen molar-refractivity contribution in [3.05, 3.63) is 65.1 Å². The van der Waals surface area contributed by atoms with E-state index < -0.39 is 6.04 Å². The summed E-state index contributed by atoms with van der Waals surface area (Å²) in [5, 5.41) is 20.0. The van der Waals surface area contributed by atoms with Crippen LogP contribution in [0.25, 0.3) is 0 Å². The molecule has 0 spiro atoms. The lowest BCUT2D eigenvalue weighted by atomic mass is 10.0. The van der Waals surface area contributed by atoms with Gasteiger partial charge in [0.1, 0.15) is 11.9 Å². The zero-order valence-corrected chi connectivity index (χ0v) is 19.2. The van der Waals surface area contributed by atoms with E-state index in [1.165, 1.54) is 0 Å². The van der Waals surface area contributed by atoms with Crippen LogP contribution in [0, 0.1) is 18.3 Å². The van der Waals surface area contributed by atoms with Crippen LogP contribution in [-0.2, 0) is 22.6 Å². The molecule has 0 fully saturated rings. The number of hydrogen-bond donors (Lipinski definition) is 2. The molecule has 3 heterocycles. The minimum atomic E-state index is -0.424. The molecule has 9 heteroatoms. The van der Waals surface area contributed by atoms with Gasteiger partial charge in [-0.15, -0.1) is 0 Å². The second kappa shape index (κ2) is 9.30. The Morgan fingerprint density at radius 2 is 2.15 bits per heavy atom. The summed E-state index contributed by atoms with van der Waals surface area (Å²) in [6, 6.07) is 11.3. The van der Waals surface area contributed by atoms with Gasteiger partial charge in [-0.25, -0.2) is 4.98 Å². The van der Waals surface area contributed by atoms with Gasteiger partial charge in [-0.2, -0.15) is 10.4 Å². The molecule has 3 aromatic rings. The van der Waals surface area contributed by atoms with Crippen LogP contribution in [0.4, 0.5) is 17.2 Å². The number of likely N-dealkylation sites (N-methyl/N-ethyl adjacent to an activating group) is 1. The third-order valence-electron chi connectivity index (χ3n) is 5.94. The van der Waals surface area contributed by atoms with Crippen LogP contribution in [0.15, 0.2) is 42.7 Å². The summed E-state index contributed by atoms with van der Waals surface area (Å²) in [7, 11) is 3.50. The standard InChI is InChI=1S/C24H27N7O2/c1-15-22-20(30(3)23(16(2)33-4)24(32)29-22)9-21(28-15)26-11-17-12-27-31(13-17)14-19-8-6-5-7-18(19)10-25/h5-9,12-13,16,23H,11,14H2,1-4H3,(H,26,28)(H,29,32). The van der Waals surface area contributed by atoms with Crippen LogP contribution in [0.2, 0.25) is 0 Å². The third kappa shape index (κ3) is 4.52. The molecule has 1 aromatic carbocycles. The number of rotatable bonds is 7. The molecule has 0 saturated heterocycles. The summed E-state index contributed by atoms with van der Waals surface area (Å²) in [6.45, 7) is 4.83. The van der Waals surface area contributed by atoms with E-state index in [-0.39, 0.29) is 12.0 Å². The van der Waals surface area contributed by atoms with E-state index in [0.717, 1.165) is 28.2 Å². The maximum Gasteiger partial charge on any atom is 0.249 e. The number of hydrogen-bond acceptors (Lipinski definition) is 7. The topological polar surface area (TPSA) is 108 Å². The minimum absolute atomic E-state index is 0.102.